The van der Waals surface area contributed by atoms with Gasteiger partial charge in [-0.25, -0.2) is 0 Å². The number of rotatable bonds is 3. The van der Waals surface area contributed by atoms with Crippen molar-refractivity contribution in [2.24, 2.45) is 5.73 Å². The molecule has 78 valence electrons. The number of carbonyl (C=O) groups excluding carboxylic acids is 1. The molecule has 0 spiro atoms. The highest BCUT2D eigenvalue weighted by molar-refractivity contribution is 6.03. The number of primary amides is 1. The smallest absolute Gasteiger partial charge is 0.295 e. The summed E-state index contributed by atoms with van der Waals surface area (Å²) in [5.41, 5.74) is 6.66. The van der Waals surface area contributed by atoms with Crippen LogP contribution in [0.5, 0.6) is 0 Å². The summed E-state index contributed by atoms with van der Waals surface area (Å²) in [6.07, 6.45) is 0. The van der Waals surface area contributed by atoms with Gasteiger partial charge >= 0.3 is 0 Å². The van der Waals surface area contributed by atoms with E-state index in [9.17, 15) is 4.79 Å². The van der Waals surface area contributed by atoms with Crippen molar-refractivity contribution in [3.05, 3.63) is 23.8 Å². The molecule has 1 amide bonds. The molecule has 5 heteroatoms. The standard InChI is InChI=1S/C10H11N3O2/c1-2-12-10-13-8-6(9(11)14)4-3-5-7(8)15-10/h3-5H,2H2,1H3,(H2,11,14)(H,12,13). The number of hydrogen-bond donors (Lipinski definition) is 2. The molecule has 0 fully saturated rings. The Labute approximate surface area is 86.3 Å². The van der Waals surface area contributed by atoms with E-state index in [1.54, 1.807) is 18.2 Å². The molecule has 2 aromatic rings. The fourth-order valence-corrected chi connectivity index (χ4v) is 1.37. The van der Waals surface area contributed by atoms with Crippen LogP contribution >= 0.6 is 0 Å². The minimum atomic E-state index is -0.503. The Morgan fingerprint density at radius 3 is 3.07 bits per heavy atom. The van der Waals surface area contributed by atoms with Crippen molar-refractivity contribution in [1.29, 1.82) is 0 Å². The van der Waals surface area contributed by atoms with E-state index in [0.717, 1.165) is 0 Å². The van der Waals surface area contributed by atoms with Gasteiger partial charge in [0.25, 0.3) is 11.9 Å². The average molecular weight is 205 g/mol. The number of aromatic nitrogens is 1. The first-order valence-electron chi connectivity index (χ1n) is 4.65. The van der Waals surface area contributed by atoms with Crippen LogP contribution in [0, 0.1) is 0 Å². The van der Waals surface area contributed by atoms with E-state index in [2.05, 4.69) is 10.3 Å². The average Bonchev–Trinajstić information content (AvgIpc) is 2.59. The molecule has 0 aliphatic carbocycles. The number of nitrogens with two attached hydrogens (primary N) is 1. The van der Waals surface area contributed by atoms with Gasteiger partial charge < -0.3 is 15.5 Å². The van der Waals surface area contributed by atoms with Gasteiger partial charge in [-0.2, -0.15) is 4.98 Å². The van der Waals surface area contributed by atoms with Crippen LogP contribution in [0.4, 0.5) is 6.01 Å². The second-order valence-electron chi connectivity index (χ2n) is 3.07. The molecule has 15 heavy (non-hydrogen) atoms. The molecule has 0 unspecified atom stereocenters. The highest BCUT2D eigenvalue weighted by Gasteiger charge is 2.12. The van der Waals surface area contributed by atoms with E-state index >= 15 is 0 Å². The molecule has 0 atom stereocenters. The maximum atomic E-state index is 11.1. The fraction of sp³-hybridized carbons (Fsp3) is 0.200. The third-order valence-corrected chi connectivity index (χ3v) is 2.01. The second kappa shape index (κ2) is 3.61. The lowest BCUT2D eigenvalue weighted by Gasteiger charge is -1.93. The number of amides is 1. The summed E-state index contributed by atoms with van der Waals surface area (Å²) in [5.74, 6) is -0.503. The molecule has 5 nitrogen and oxygen atoms in total. The highest BCUT2D eigenvalue weighted by atomic mass is 16.4. The fourth-order valence-electron chi connectivity index (χ4n) is 1.37. The van der Waals surface area contributed by atoms with Crippen molar-refractivity contribution in [3.8, 4) is 0 Å². The summed E-state index contributed by atoms with van der Waals surface area (Å²) in [6.45, 7) is 2.64. The summed E-state index contributed by atoms with van der Waals surface area (Å²) >= 11 is 0. The lowest BCUT2D eigenvalue weighted by molar-refractivity contribution is 0.100. The van der Waals surface area contributed by atoms with Crippen molar-refractivity contribution >= 4 is 23.0 Å². The molecular formula is C10H11N3O2. The summed E-state index contributed by atoms with van der Waals surface area (Å²) in [4.78, 5) is 15.2. The van der Waals surface area contributed by atoms with E-state index < -0.39 is 5.91 Å². The lowest BCUT2D eigenvalue weighted by Crippen LogP contribution is -2.11. The minimum Gasteiger partial charge on any atom is -0.424 e. The number of benzene rings is 1. The van der Waals surface area contributed by atoms with E-state index in [1.165, 1.54) is 0 Å². The molecule has 1 aromatic heterocycles. The first-order chi connectivity index (χ1) is 7.22. The zero-order chi connectivity index (χ0) is 10.8. The van der Waals surface area contributed by atoms with Crippen LogP contribution in [0.2, 0.25) is 0 Å². The summed E-state index contributed by atoms with van der Waals surface area (Å²) in [6, 6.07) is 5.49. The Balaban J connectivity index is 2.59. The van der Waals surface area contributed by atoms with Gasteiger partial charge in [-0.05, 0) is 19.1 Å². The van der Waals surface area contributed by atoms with Crippen LogP contribution < -0.4 is 11.1 Å². The summed E-state index contributed by atoms with van der Waals surface area (Å²) < 4.78 is 5.37. The number of nitrogens with one attached hydrogen (secondary N) is 1. The molecular weight excluding hydrogens is 194 g/mol. The Bertz CT molecular complexity index is 504. The molecule has 2 rings (SSSR count). The number of fused-ring (bicyclic) bond motifs is 1. The van der Waals surface area contributed by atoms with Crippen LogP contribution in [-0.4, -0.2) is 17.4 Å². The van der Waals surface area contributed by atoms with Crippen LogP contribution in [-0.2, 0) is 0 Å². The third kappa shape index (κ3) is 1.63. The van der Waals surface area contributed by atoms with E-state index in [0.29, 0.717) is 29.2 Å². The highest BCUT2D eigenvalue weighted by Crippen LogP contribution is 2.21. The maximum absolute atomic E-state index is 11.1. The van der Waals surface area contributed by atoms with Gasteiger partial charge in [-0.3, -0.25) is 4.79 Å². The summed E-state index contributed by atoms with van der Waals surface area (Å²) in [7, 11) is 0. The third-order valence-electron chi connectivity index (χ3n) is 2.01. The second-order valence-corrected chi connectivity index (χ2v) is 3.07. The number of oxazole rings is 1. The molecule has 1 heterocycles. The van der Waals surface area contributed by atoms with Gasteiger partial charge in [0, 0.05) is 6.54 Å². The van der Waals surface area contributed by atoms with Crippen molar-refractivity contribution in [1.82, 2.24) is 4.98 Å². The van der Waals surface area contributed by atoms with Gasteiger partial charge in [0.15, 0.2) is 5.58 Å². The van der Waals surface area contributed by atoms with Crippen molar-refractivity contribution in [3.63, 3.8) is 0 Å². The number of hydrogen-bond acceptors (Lipinski definition) is 4. The number of nitrogens with zero attached hydrogens (tertiary/aromatic N) is 1. The normalized spacial score (nSPS) is 10.5. The maximum Gasteiger partial charge on any atom is 0.295 e. The molecule has 0 aliphatic heterocycles. The van der Waals surface area contributed by atoms with Gasteiger partial charge in [0.1, 0.15) is 5.52 Å². The van der Waals surface area contributed by atoms with Crippen LogP contribution in [0.1, 0.15) is 17.3 Å². The topological polar surface area (TPSA) is 81.1 Å². The predicted octanol–water partition coefficient (Wildman–Crippen LogP) is 1.36. The largest absolute Gasteiger partial charge is 0.424 e. The predicted molar refractivity (Wildman–Crippen MR) is 56.7 cm³/mol. The van der Waals surface area contributed by atoms with E-state index in [-0.39, 0.29) is 0 Å². The molecule has 0 aliphatic rings. The monoisotopic (exact) mass is 205 g/mol. The molecule has 0 saturated heterocycles. The molecule has 3 N–H and O–H groups in total. The molecule has 0 radical (unpaired) electrons. The quantitative estimate of drug-likeness (QED) is 0.792. The van der Waals surface area contributed by atoms with E-state index in [1.807, 2.05) is 6.92 Å². The van der Waals surface area contributed by atoms with Gasteiger partial charge in [0.05, 0.1) is 5.56 Å². The number of anilines is 1. The van der Waals surface area contributed by atoms with Gasteiger partial charge in [-0.1, -0.05) is 6.07 Å². The number of carbonyl (C=O) groups is 1. The lowest BCUT2D eigenvalue weighted by atomic mass is 10.2. The minimum absolute atomic E-state index is 0.375. The zero-order valence-electron chi connectivity index (χ0n) is 8.28. The van der Waals surface area contributed by atoms with Crippen molar-refractivity contribution < 1.29 is 9.21 Å². The van der Waals surface area contributed by atoms with Crippen molar-refractivity contribution in [2.45, 2.75) is 6.92 Å². The van der Waals surface area contributed by atoms with Gasteiger partial charge in [0.2, 0.25) is 0 Å². The van der Waals surface area contributed by atoms with Crippen LogP contribution in [0.25, 0.3) is 11.1 Å². The SMILES string of the molecule is CCNc1nc2c(C(N)=O)cccc2o1. The number of para-hydroxylation sites is 1. The molecule has 1 aromatic carbocycles. The van der Waals surface area contributed by atoms with Gasteiger partial charge in [-0.15, -0.1) is 0 Å². The Hall–Kier alpha value is -2.04. The molecule has 0 saturated carbocycles. The first-order valence-corrected chi connectivity index (χ1v) is 4.65. The first kappa shape index (κ1) is 9.51. The van der Waals surface area contributed by atoms with Crippen molar-refractivity contribution in [2.75, 3.05) is 11.9 Å². The Kier molecular flexibility index (Phi) is 2.29. The Morgan fingerprint density at radius 1 is 1.60 bits per heavy atom. The van der Waals surface area contributed by atoms with Crippen LogP contribution in [0.15, 0.2) is 22.6 Å². The Morgan fingerprint density at radius 2 is 2.40 bits per heavy atom. The molecule has 0 bridgehead atoms. The zero-order valence-corrected chi connectivity index (χ0v) is 8.28. The van der Waals surface area contributed by atoms with Crippen LogP contribution in [0.3, 0.4) is 0 Å². The van der Waals surface area contributed by atoms with E-state index in [4.69, 9.17) is 10.2 Å². The summed E-state index contributed by atoms with van der Waals surface area (Å²) in [5, 5.41) is 2.93.